The zero-order valence-electron chi connectivity index (χ0n) is 17.0. The van der Waals surface area contributed by atoms with E-state index < -0.39 is 6.04 Å². The van der Waals surface area contributed by atoms with Crippen LogP contribution < -0.4 is 0 Å². The summed E-state index contributed by atoms with van der Waals surface area (Å²) in [5.41, 5.74) is 2.66. The number of rotatable bonds is 9. The van der Waals surface area contributed by atoms with E-state index in [9.17, 15) is 4.79 Å². The molecule has 0 aromatic heterocycles. The highest BCUT2D eigenvalue weighted by atomic mass is 16.5. The first kappa shape index (κ1) is 21.4. The van der Waals surface area contributed by atoms with Gasteiger partial charge in [0.15, 0.2) is 0 Å². The Hall–Kier alpha value is -1.64. The van der Waals surface area contributed by atoms with Crippen LogP contribution in [0, 0.1) is 11.8 Å². The Bertz CT molecular complexity index is 546. The van der Waals surface area contributed by atoms with Crippen LogP contribution in [0.3, 0.4) is 0 Å². The summed E-state index contributed by atoms with van der Waals surface area (Å²) in [7, 11) is 0. The van der Waals surface area contributed by atoms with Crippen molar-refractivity contribution in [1.82, 2.24) is 0 Å². The van der Waals surface area contributed by atoms with Crippen LogP contribution in [0.5, 0.6) is 0 Å². The van der Waals surface area contributed by atoms with Crippen LogP contribution in [-0.4, -0.2) is 24.3 Å². The number of aliphatic imine (C=N–C) groups is 1. The summed E-state index contributed by atoms with van der Waals surface area (Å²) in [6.45, 7) is 14.5. The first-order valence-corrected chi connectivity index (χ1v) is 9.57. The molecule has 0 N–H and O–H groups in total. The van der Waals surface area contributed by atoms with Gasteiger partial charge in [0.05, 0.1) is 6.10 Å². The van der Waals surface area contributed by atoms with Crippen LogP contribution in [0.1, 0.15) is 71.9 Å². The molecule has 3 heteroatoms. The van der Waals surface area contributed by atoms with Crippen LogP contribution >= 0.6 is 0 Å². The lowest BCUT2D eigenvalue weighted by atomic mass is 9.97. The number of esters is 1. The van der Waals surface area contributed by atoms with Gasteiger partial charge in [0.2, 0.25) is 0 Å². The predicted octanol–water partition coefficient (Wildman–Crippen LogP) is 5.43. The van der Waals surface area contributed by atoms with Crippen molar-refractivity contribution in [2.45, 2.75) is 79.4 Å². The molecule has 140 valence electrons. The van der Waals surface area contributed by atoms with E-state index >= 15 is 0 Å². The third kappa shape index (κ3) is 7.41. The molecular weight excluding hydrogens is 310 g/mol. The Balaban J connectivity index is 2.67. The lowest BCUT2D eigenvalue weighted by Crippen LogP contribution is -2.30. The molecule has 0 spiro atoms. The molecule has 0 heterocycles. The first-order valence-electron chi connectivity index (χ1n) is 9.57. The second-order valence-corrected chi connectivity index (χ2v) is 7.72. The lowest BCUT2D eigenvalue weighted by molar-refractivity contribution is -0.150. The fourth-order valence-electron chi connectivity index (χ4n) is 2.56. The van der Waals surface area contributed by atoms with Crippen molar-refractivity contribution in [3.05, 3.63) is 35.4 Å². The number of nitrogens with zero attached hydrogens (tertiary/aromatic N) is 1. The van der Waals surface area contributed by atoms with E-state index in [-0.39, 0.29) is 23.9 Å². The maximum atomic E-state index is 12.3. The highest BCUT2D eigenvalue weighted by Crippen LogP contribution is 2.17. The largest absolute Gasteiger partial charge is 0.461 e. The van der Waals surface area contributed by atoms with Gasteiger partial charge in [0.25, 0.3) is 0 Å². The Morgan fingerprint density at radius 3 is 2.16 bits per heavy atom. The van der Waals surface area contributed by atoms with Gasteiger partial charge in [-0.05, 0) is 48.6 Å². The van der Waals surface area contributed by atoms with Crippen molar-refractivity contribution in [2.75, 3.05) is 0 Å². The van der Waals surface area contributed by atoms with Gasteiger partial charge in [0.1, 0.15) is 6.04 Å². The zero-order chi connectivity index (χ0) is 19.0. The minimum Gasteiger partial charge on any atom is -0.461 e. The van der Waals surface area contributed by atoms with Gasteiger partial charge < -0.3 is 4.74 Å². The average Bonchev–Trinajstić information content (AvgIpc) is 2.54. The van der Waals surface area contributed by atoms with Crippen LogP contribution in [0.25, 0.3) is 0 Å². The summed E-state index contributed by atoms with van der Waals surface area (Å²) in [5.74, 6) is 0.748. The summed E-state index contributed by atoms with van der Waals surface area (Å²) >= 11 is 0. The lowest BCUT2D eigenvalue weighted by Gasteiger charge is -2.19. The number of carbonyl (C=O) groups is 1. The van der Waals surface area contributed by atoms with Gasteiger partial charge in [-0.2, -0.15) is 0 Å². The van der Waals surface area contributed by atoms with Crippen LogP contribution in [0.15, 0.2) is 29.3 Å². The molecule has 25 heavy (non-hydrogen) atoms. The smallest absolute Gasteiger partial charge is 0.331 e. The topological polar surface area (TPSA) is 38.7 Å². The zero-order valence-corrected chi connectivity index (χ0v) is 17.0. The quantitative estimate of drug-likeness (QED) is 0.442. The van der Waals surface area contributed by atoms with E-state index in [0.29, 0.717) is 5.92 Å². The Morgan fingerprint density at radius 2 is 1.68 bits per heavy atom. The average molecular weight is 346 g/mol. The molecule has 1 rings (SSSR count). The number of hydrogen-bond acceptors (Lipinski definition) is 3. The summed E-state index contributed by atoms with van der Waals surface area (Å²) in [6.07, 6.45) is 3.61. The summed E-state index contributed by atoms with van der Waals surface area (Å²) in [5, 5.41) is 0. The Kier molecular flexibility index (Phi) is 8.88. The molecule has 0 aliphatic rings. The second kappa shape index (κ2) is 10.4. The SMILES string of the molecule is CCC(C)OC(=O)C(N=CC(C)Cc1ccc(C(C)C)cc1)C(C)C. The van der Waals surface area contributed by atoms with Crippen molar-refractivity contribution in [1.29, 1.82) is 0 Å². The van der Waals surface area contributed by atoms with Gasteiger partial charge >= 0.3 is 5.97 Å². The second-order valence-electron chi connectivity index (χ2n) is 7.72. The molecular formula is C22H35NO2. The number of benzene rings is 1. The molecule has 0 saturated heterocycles. The Labute approximate surface area is 153 Å². The number of carbonyl (C=O) groups excluding carboxylic acids is 1. The standard InChI is InChI=1S/C22H35NO2/c1-8-18(7)25-22(24)21(16(4)5)23-14-17(6)13-19-9-11-20(12-10-19)15(2)3/h9-12,14-18,21H,8,13H2,1-7H3. The minimum absolute atomic E-state index is 0.0548. The van der Waals surface area contributed by atoms with Crippen molar-refractivity contribution < 1.29 is 9.53 Å². The monoisotopic (exact) mass is 345 g/mol. The van der Waals surface area contributed by atoms with Crippen molar-refractivity contribution in [3.63, 3.8) is 0 Å². The van der Waals surface area contributed by atoms with Crippen molar-refractivity contribution >= 4 is 12.2 Å². The number of hydrogen-bond donors (Lipinski definition) is 0. The highest BCUT2D eigenvalue weighted by Gasteiger charge is 2.24. The summed E-state index contributed by atoms with van der Waals surface area (Å²) in [4.78, 5) is 16.8. The van der Waals surface area contributed by atoms with E-state index in [1.54, 1.807) is 0 Å². The van der Waals surface area contributed by atoms with Gasteiger partial charge in [-0.1, -0.05) is 65.8 Å². The van der Waals surface area contributed by atoms with E-state index in [1.165, 1.54) is 11.1 Å². The highest BCUT2D eigenvalue weighted by molar-refractivity contribution is 5.78. The molecule has 0 fully saturated rings. The normalized spacial score (nSPS) is 15.6. The molecule has 0 saturated carbocycles. The van der Waals surface area contributed by atoms with E-state index in [1.807, 2.05) is 33.9 Å². The molecule has 1 aromatic carbocycles. The summed E-state index contributed by atoms with van der Waals surface area (Å²) < 4.78 is 5.46. The van der Waals surface area contributed by atoms with Gasteiger partial charge in [-0.15, -0.1) is 0 Å². The molecule has 3 atom stereocenters. The van der Waals surface area contributed by atoms with E-state index in [2.05, 4.69) is 50.0 Å². The molecule has 0 aliphatic heterocycles. The van der Waals surface area contributed by atoms with Crippen molar-refractivity contribution in [2.24, 2.45) is 16.8 Å². The van der Waals surface area contributed by atoms with Crippen LogP contribution in [-0.2, 0) is 16.0 Å². The van der Waals surface area contributed by atoms with Crippen molar-refractivity contribution in [3.8, 4) is 0 Å². The molecule has 0 bridgehead atoms. The van der Waals surface area contributed by atoms with E-state index in [0.717, 1.165) is 12.8 Å². The number of ether oxygens (including phenoxy) is 1. The minimum atomic E-state index is -0.417. The molecule has 0 amide bonds. The third-order valence-electron chi connectivity index (χ3n) is 4.47. The predicted molar refractivity (Wildman–Crippen MR) is 106 cm³/mol. The first-order chi connectivity index (χ1) is 11.7. The fourth-order valence-corrected chi connectivity index (χ4v) is 2.56. The van der Waals surface area contributed by atoms with Gasteiger partial charge in [0, 0.05) is 6.21 Å². The molecule has 0 radical (unpaired) electrons. The third-order valence-corrected chi connectivity index (χ3v) is 4.47. The van der Waals surface area contributed by atoms with Gasteiger partial charge in [-0.25, -0.2) is 4.79 Å². The fraction of sp³-hybridized carbons (Fsp3) is 0.636. The maximum Gasteiger partial charge on any atom is 0.331 e. The molecule has 3 unspecified atom stereocenters. The maximum absolute atomic E-state index is 12.3. The summed E-state index contributed by atoms with van der Waals surface area (Å²) in [6, 6.07) is 8.36. The van der Waals surface area contributed by atoms with Crippen LogP contribution in [0.4, 0.5) is 0 Å². The molecule has 1 aromatic rings. The van der Waals surface area contributed by atoms with Crippen LogP contribution in [0.2, 0.25) is 0 Å². The van der Waals surface area contributed by atoms with Gasteiger partial charge in [-0.3, -0.25) is 4.99 Å². The Morgan fingerprint density at radius 1 is 1.08 bits per heavy atom. The van der Waals surface area contributed by atoms with E-state index in [4.69, 9.17) is 4.74 Å². The molecule has 0 aliphatic carbocycles. The molecule has 3 nitrogen and oxygen atoms in total.